The average molecular weight is 545 g/mol. The number of aryl methyl sites for hydroxylation is 1. The van der Waals surface area contributed by atoms with Gasteiger partial charge in [-0.25, -0.2) is 0 Å². The van der Waals surface area contributed by atoms with Crippen LogP contribution in [0.2, 0.25) is 0 Å². The summed E-state index contributed by atoms with van der Waals surface area (Å²) in [6.07, 6.45) is 0. The highest BCUT2D eigenvalue weighted by Gasteiger charge is 2.22. The molecule has 2 amide bonds. The van der Waals surface area contributed by atoms with Crippen LogP contribution in [0.5, 0.6) is 11.5 Å². The van der Waals surface area contributed by atoms with Gasteiger partial charge in [0, 0.05) is 21.8 Å². The molecule has 5 rings (SSSR count). The van der Waals surface area contributed by atoms with E-state index in [0.29, 0.717) is 22.7 Å². The average Bonchev–Trinajstić information content (AvgIpc) is 2.98. The van der Waals surface area contributed by atoms with Crippen LogP contribution in [0.1, 0.15) is 26.7 Å². The second kappa shape index (κ2) is 12.8. The van der Waals surface area contributed by atoms with E-state index in [0.717, 1.165) is 21.8 Å². The SMILES string of the molecule is Cc1cccc(C(=O)Nc2ccc(SC(C(=O)Nc3ccc(Oc4ccccc4)cc3)c3ccccc3)cc2)c1. The van der Waals surface area contributed by atoms with Crippen LogP contribution in [-0.2, 0) is 4.79 Å². The lowest BCUT2D eigenvalue weighted by Crippen LogP contribution is -2.19. The Morgan fingerprint density at radius 1 is 0.650 bits per heavy atom. The molecule has 0 bridgehead atoms. The first-order valence-corrected chi connectivity index (χ1v) is 13.7. The maximum Gasteiger partial charge on any atom is 0.255 e. The van der Waals surface area contributed by atoms with Crippen molar-refractivity contribution in [3.8, 4) is 11.5 Å². The highest BCUT2D eigenvalue weighted by atomic mass is 32.2. The van der Waals surface area contributed by atoms with E-state index in [-0.39, 0.29) is 11.8 Å². The van der Waals surface area contributed by atoms with Crippen molar-refractivity contribution in [3.63, 3.8) is 0 Å². The van der Waals surface area contributed by atoms with E-state index in [1.807, 2.05) is 134 Å². The summed E-state index contributed by atoms with van der Waals surface area (Å²) in [5, 5.41) is 5.50. The van der Waals surface area contributed by atoms with Gasteiger partial charge < -0.3 is 15.4 Å². The van der Waals surface area contributed by atoms with Gasteiger partial charge >= 0.3 is 0 Å². The van der Waals surface area contributed by atoms with Gasteiger partial charge in [0.15, 0.2) is 0 Å². The minimum atomic E-state index is -0.478. The fraction of sp³-hybridized carbons (Fsp3) is 0.0588. The summed E-state index contributed by atoms with van der Waals surface area (Å²) < 4.78 is 5.85. The fourth-order valence-electron chi connectivity index (χ4n) is 4.08. The monoisotopic (exact) mass is 544 g/mol. The topological polar surface area (TPSA) is 67.4 Å². The Hall–Kier alpha value is -4.81. The third kappa shape index (κ3) is 7.18. The van der Waals surface area contributed by atoms with E-state index in [1.54, 1.807) is 6.07 Å². The van der Waals surface area contributed by atoms with Crippen LogP contribution in [0.4, 0.5) is 11.4 Å². The number of rotatable bonds is 9. The maximum atomic E-state index is 13.5. The van der Waals surface area contributed by atoms with Crippen LogP contribution in [0.25, 0.3) is 0 Å². The minimum Gasteiger partial charge on any atom is -0.457 e. The van der Waals surface area contributed by atoms with Crippen LogP contribution in [0.3, 0.4) is 0 Å². The Morgan fingerprint density at radius 2 is 1.25 bits per heavy atom. The second-order valence-corrected chi connectivity index (χ2v) is 10.4. The molecule has 5 nitrogen and oxygen atoms in total. The molecule has 0 fully saturated rings. The Kier molecular flexibility index (Phi) is 8.59. The van der Waals surface area contributed by atoms with Crippen LogP contribution >= 0.6 is 11.8 Å². The van der Waals surface area contributed by atoms with Crippen molar-refractivity contribution in [3.05, 3.63) is 150 Å². The van der Waals surface area contributed by atoms with Gasteiger partial charge in [-0.3, -0.25) is 9.59 Å². The smallest absolute Gasteiger partial charge is 0.255 e. The molecule has 0 aliphatic rings. The molecule has 0 radical (unpaired) electrons. The molecule has 0 aliphatic carbocycles. The van der Waals surface area contributed by atoms with Crippen LogP contribution in [0, 0.1) is 6.92 Å². The predicted molar refractivity (Wildman–Crippen MR) is 162 cm³/mol. The molecule has 2 N–H and O–H groups in total. The second-order valence-electron chi connectivity index (χ2n) is 9.19. The lowest BCUT2D eigenvalue weighted by atomic mass is 10.1. The summed E-state index contributed by atoms with van der Waals surface area (Å²) in [6, 6.07) is 41.5. The van der Waals surface area contributed by atoms with E-state index < -0.39 is 5.25 Å². The quantitative estimate of drug-likeness (QED) is 0.183. The lowest BCUT2D eigenvalue weighted by Gasteiger charge is -2.18. The van der Waals surface area contributed by atoms with Gasteiger partial charge in [-0.2, -0.15) is 0 Å². The lowest BCUT2D eigenvalue weighted by molar-refractivity contribution is -0.115. The number of thioether (sulfide) groups is 1. The number of para-hydroxylation sites is 1. The van der Waals surface area contributed by atoms with E-state index >= 15 is 0 Å². The van der Waals surface area contributed by atoms with Crippen molar-refractivity contribution in [1.29, 1.82) is 0 Å². The van der Waals surface area contributed by atoms with Crippen molar-refractivity contribution < 1.29 is 14.3 Å². The summed E-state index contributed by atoms with van der Waals surface area (Å²) in [4.78, 5) is 27.0. The molecular weight excluding hydrogens is 516 g/mol. The fourth-order valence-corrected chi connectivity index (χ4v) is 5.11. The molecule has 1 unspecified atom stereocenters. The molecule has 5 aromatic rings. The zero-order valence-corrected chi connectivity index (χ0v) is 22.7. The molecule has 0 saturated heterocycles. The zero-order chi connectivity index (χ0) is 27.7. The molecular formula is C34H28N2O3S. The molecule has 1 atom stereocenters. The summed E-state index contributed by atoms with van der Waals surface area (Å²) >= 11 is 1.45. The molecule has 6 heteroatoms. The Morgan fingerprint density at radius 3 is 1.93 bits per heavy atom. The largest absolute Gasteiger partial charge is 0.457 e. The Labute approximate surface area is 238 Å². The summed E-state index contributed by atoms with van der Waals surface area (Å²) in [5.41, 5.74) is 3.90. The van der Waals surface area contributed by atoms with Gasteiger partial charge in [-0.15, -0.1) is 11.8 Å². The first-order valence-electron chi connectivity index (χ1n) is 12.9. The molecule has 0 spiro atoms. The summed E-state index contributed by atoms with van der Waals surface area (Å²) in [6.45, 7) is 1.96. The first kappa shape index (κ1) is 26.8. The predicted octanol–water partition coefficient (Wildman–Crippen LogP) is 8.51. The number of carbonyl (C=O) groups excluding carboxylic acids is 2. The number of hydrogen-bond acceptors (Lipinski definition) is 4. The van der Waals surface area contributed by atoms with Gasteiger partial charge in [-0.05, 0) is 85.3 Å². The van der Waals surface area contributed by atoms with Gasteiger partial charge in [0.1, 0.15) is 16.7 Å². The highest BCUT2D eigenvalue weighted by Crippen LogP contribution is 2.37. The number of anilines is 2. The first-order chi connectivity index (χ1) is 19.5. The van der Waals surface area contributed by atoms with Crippen molar-refractivity contribution >= 4 is 35.0 Å². The zero-order valence-electron chi connectivity index (χ0n) is 21.9. The molecule has 40 heavy (non-hydrogen) atoms. The van der Waals surface area contributed by atoms with Crippen molar-refractivity contribution in [1.82, 2.24) is 0 Å². The van der Waals surface area contributed by atoms with E-state index in [9.17, 15) is 9.59 Å². The third-order valence-electron chi connectivity index (χ3n) is 6.09. The van der Waals surface area contributed by atoms with Crippen molar-refractivity contribution in [2.75, 3.05) is 10.6 Å². The number of hydrogen-bond donors (Lipinski definition) is 2. The third-order valence-corrected chi connectivity index (χ3v) is 7.35. The van der Waals surface area contributed by atoms with Crippen molar-refractivity contribution in [2.45, 2.75) is 17.1 Å². The van der Waals surface area contributed by atoms with Gasteiger partial charge in [0.25, 0.3) is 5.91 Å². The van der Waals surface area contributed by atoms with E-state index in [2.05, 4.69) is 10.6 Å². The molecule has 0 saturated carbocycles. The van der Waals surface area contributed by atoms with Crippen molar-refractivity contribution in [2.24, 2.45) is 0 Å². The number of ether oxygens (including phenoxy) is 1. The van der Waals surface area contributed by atoms with Gasteiger partial charge in [-0.1, -0.05) is 66.2 Å². The number of carbonyl (C=O) groups is 2. The highest BCUT2D eigenvalue weighted by molar-refractivity contribution is 8.00. The van der Waals surface area contributed by atoms with Gasteiger partial charge in [0.05, 0.1) is 0 Å². The van der Waals surface area contributed by atoms with E-state index in [4.69, 9.17) is 4.74 Å². The minimum absolute atomic E-state index is 0.134. The Bertz CT molecular complexity index is 1570. The number of nitrogens with one attached hydrogen (secondary N) is 2. The number of benzene rings is 5. The van der Waals surface area contributed by atoms with E-state index in [1.165, 1.54) is 11.8 Å². The van der Waals surface area contributed by atoms with Crippen LogP contribution < -0.4 is 15.4 Å². The molecule has 0 heterocycles. The standard InChI is InChI=1S/C34H28N2O3S/c1-24-9-8-12-26(23-24)33(37)35-28-17-21-31(22-18-28)40-32(25-10-4-2-5-11-25)34(38)36-27-15-19-30(20-16-27)39-29-13-6-3-7-14-29/h2-23,32H,1H3,(H,35,37)(H,36,38). The molecule has 198 valence electrons. The van der Waals surface area contributed by atoms with Crippen LogP contribution in [-0.4, -0.2) is 11.8 Å². The molecule has 0 aromatic heterocycles. The van der Waals surface area contributed by atoms with Crippen LogP contribution in [0.15, 0.2) is 138 Å². The normalized spacial score (nSPS) is 11.3. The summed E-state index contributed by atoms with van der Waals surface area (Å²) in [5.74, 6) is 1.14. The van der Waals surface area contributed by atoms with Gasteiger partial charge in [0.2, 0.25) is 5.91 Å². The number of amides is 2. The molecule has 0 aliphatic heterocycles. The summed E-state index contributed by atoms with van der Waals surface area (Å²) in [7, 11) is 0. The molecule has 5 aromatic carbocycles. The Balaban J connectivity index is 1.26. The maximum absolute atomic E-state index is 13.5.